The molecule has 0 fully saturated rings. The van der Waals surface area contributed by atoms with E-state index in [4.69, 9.17) is 0 Å². The topological polar surface area (TPSA) is 37.4 Å². The lowest BCUT2D eigenvalue weighted by Crippen LogP contribution is -2.33. The van der Waals surface area contributed by atoms with E-state index < -0.39 is 10.0 Å². The van der Waals surface area contributed by atoms with Gasteiger partial charge in [0.25, 0.3) is 0 Å². The van der Waals surface area contributed by atoms with Crippen molar-refractivity contribution in [1.29, 1.82) is 0 Å². The third-order valence-electron chi connectivity index (χ3n) is 3.20. The molecule has 0 aliphatic rings. The Morgan fingerprint density at radius 1 is 1.00 bits per heavy atom. The van der Waals surface area contributed by atoms with E-state index >= 15 is 0 Å². The molecule has 0 bridgehead atoms. The molecule has 0 amide bonds. The van der Waals surface area contributed by atoms with Gasteiger partial charge in [-0.2, -0.15) is 4.31 Å². The van der Waals surface area contributed by atoms with Gasteiger partial charge in [0.1, 0.15) is 0 Å². The highest BCUT2D eigenvalue weighted by molar-refractivity contribution is 7.89. The Bertz CT molecular complexity index is 483. The monoisotopic (exact) mass is 283 g/mol. The standard InChI is InChI=1S/C15H25NO2S/c1-4-6-9-13-16(12-5-2)19(17,18)15-11-8-7-10-14(15)3/h7-8,10-11H,4-6,9,12-13H2,1-3H3. The molecule has 0 saturated carbocycles. The third-order valence-corrected chi connectivity index (χ3v) is 5.25. The number of benzene rings is 1. The van der Waals surface area contributed by atoms with Gasteiger partial charge in [-0.05, 0) is 31.4 Å². The van der Waals surface area contributed by atoms with Crippen LogP contribution >= 0.6 is 0 Å². The Balaban J connectivity index is 2.96. The molecule has 4 heteroatoms. The second kappa shape index (κ2) is 7.65. The van der Waals surface area contributed by atoms with Gasteiger partial charge in [0.05, 0.1) is 4.90 Å². The highest BCUT2D eigenvalue weighted by Gasteiger charge is 2.24. The van der Waals surface area contributed by atoms with Crippen LogP contribution in [0.3, 0.4) is 0 Å². The van der Waals surface area contributed by atoms with Crippen LogP contribution in [0.15, 0.2) is 29.2 Å². The summed E-state index contributed by atoms with van der Waals surface area (Å²) >= 11 is 0. The third kappa shape index (κ3) is 4.32. The van der Waals surface area contributed by atoms with Gasteiger partial charge in [-0.1, -0.05) is 44.9 Å². The molecule has 0 saturated heterocycles. The average Bonchev–Trinajstić information content (AvgIpc) is 2.38. The van der Waals surface area contributed by atoms with Crippen molar-refractivity contribution in [2.75, 3.05) is 13.1 Å². The lowest BCUT2D eigenvalue weighted by molar-refractivity contribution is 0.398. The molecule has 0 aliphatic heterocycles. The SMILES string of the molecule is CCCCCN(CCC)S(=O)(=O)c1ccccc1C. The van der Waals surface area contributed by atoms with Crippen molar-refractivity contribution in [1.82, 2.24) is 4.31 Å². The van der Waals surface area contributed by atoms with Gasteiger partial charge in [-0.15, -0.1) is 0 Å². The Kier molecular flexibility index (Phi) is 6.52. The van der Waals surface area contributed by atoms with Crippen LogP contribution in [0.5, 0.6) is 0 Å². The first-order valence-electron chi connectivity index (χ1n) is 7.09. The van der Waals surface area contributed by atoms with Crippen molar-refractivity contribution in [2.45, 2.75) is 51.3 Å². The second-order valence-corrected chi connectivity index (χ2v) is 6.78. The van der Waals surface area contributed by atoms with Crippen molar-refractivity contribution < 1.29 is 8.42 Å². The first-order valence-corrected chi connectivity index (χ1v) is 8.53. The number of nitrogens with zero attached hydrogens (tertiary/aromatic N) is 1. The summed E-state index contributed by atoms with van der Waals surface area (Å²) in [4.78, 5) is 0.444. The molecule has 0 spiro atoms. The fourth-order valence-electron chi connectivity index (χ4n) is 2.12. The Labute approximate surface area is 117 Å². The van der Waals surface area contributed by atoms with Gasteiger partial charge in [-0.25, -0.2) is 8.42 Å². The molecule has 0 aromatic heterocycles. The van der Waals surface area contributed by atoms with Crippen LogP contribution in [0.4, 0.5) is 0 Å². The minimum atomic E-state index is -3.34. The number of rotatable bonds is 8. The molecular formula is C15H25NO2S. The van der Waals surface area contributed by atoms with Gasteiger partial charge in [0.15, 0.2) is 0 Å². The zero-order chi connectivity index (χ0) is 14.3. The zero-order valence-corrected chi connectivity index (χ0v) is 13.0. The predicted molar refractivity (Wildman–Crippen MR) is 79.8 cm³/mol. The maximum Gasteiger partial charge on any atom is 0.243 e. The van der Waals surface area contributed by atoms with E-state index in [1.807, 2.05) is 26.0 Å². The summed E-state index contributed by atoms with van der Waals surface area (Å²) in [5.74, 6) is 0. The van der Waals surface area contributed by atoms with Crippen LogP contribution in [0.25, 0.3) is 0 Å². The molecule has 0 N–H and O–H groups in total. The number of unbranched alkanes of at least 4 members (excludes halogenated alkanes) is 2. The largest absolute Gasteiger partial charge is 0.243 e. The van der Waals surface area contributed by atoms with Crippen molar-refractivity contribution in [3.63, 3.8) is 0 Å². The van der Waals surface area contributed by atoms with Crippen LogP contribution in [-0.2, 0) is 10.0 Å². The lowest BCUT2D eigenvalue weighted by Gasteiger charge is -2.22. The highest BCUT2D eigenvalue weighted by Crippen LogP contribution is 2.20. The fourth-order valence-corrected chi connectivity index (χ4v) is 3.92. The summed E-state index contributed by atoms with van der Waals surface area (Å²) in [6, 6.07) is 7.21. The number of hydrogen-bond acceptors (Lipinski definition) is 2. The van der Waals surface area contributed by atoms with Crippen LogP contribution in [0, 0.1) is 6.92 Å². The quantitative estimate of drug-likeness (QED) is 0.684. The zero-order valence-electron chi connectivity index (χ0n) is 12.2. The van der Waals surface area contributed by atoms with Gasteiger partial charge in [0.2, 0.25) is 10.0 Å². The molecule has 0 heterocycles. The number of aryl methyl sites for hydroxylation is 1. The number of sulfonamides is 1. The van der Waals surface area contributed by atoms with E-state index in [1.54, 1.807) is 16.4 Å². The molecule has 1 aromatic rings. The van der Waals surface area contributed by atoms with E-state index in [9.17, 15) is 8.42 Å². The van der Waals surface area contributed by atoms with Gasteiger partial charge >= 0.3 is 0 Å². The second-order valence-electron chi connectivity index (χ2n) is 4.88. The van der Waals surface area contributed by atoms with Gasteiger partial charge in [-0.3, -0.25) is 0 Å². The summed E-state index contributed by atoms with van der Waals surface area (Å²) < 4.78 is 27.0. The molecule has 1 aromatic carbocycles. The first-order chi connectivity index (χ1) is 9.04. The van der Waals surface area contributed by atoms with Crippen molar-refractivity contribution in [3.8, 4) is 0 Å². The summed E-state index contributed by atoms with van der Waals surface area (Å²) in [6.45, 7) is 7.21. The molecule has 108 valence electrons. The minimum Gasteiger partial charge on any atom is -0.207 e. The Hall–Kier alpha value is -0.870. The molecule has 0 radical (unpaired) electrons. The van der Waals surface area contributed by atoms with Crippen molar-refractivity contribution in [3.05, 3.63) is 29.8 Å². The van der Waals surface area contributed by atoms with Crippen LogP contribution in [0.2, 0.25) is 0 Å². The van der Waals surface area contributed by atoms with E-state index in [0.717, 1.165) is 31.2 Å². The number of hydrogen-bond donors (Lipinski definition) is 0. The lowest BCUT2D eigenvalue weighted by atomic mass is 10.2. The molecule has 0 atom stereocenters. The summed E-state index contributed by atoms with van der Waals surface area (Å²) in [5, 5.41) is 0. The van der Waals surface area contributed by atoms with Crippen LogP contribution < -0.4 is 0 Å². The van der Waals surface area contributed by atoms with Gasteiger partial charge in [0, 0.05) is 13.1 Å². The fraction of sp³-hybridized carbons (Fsp3) is 0.600. The van der Waals surface area contributed by atoms with E-state index in [1.165, 1.54) is 0 Å². The van der Waals surface area contributed by atoms with E-state index in [2.05, 4.69) is 6.92 Å². The highest BCUT2D eigenvalue weighted by atomic mass is 32.2. The average molecular weight is 283 g/mol. The summed E-state index contributed by atoms with van der Waals surface area (Å²) in [7, 11) is -3.34. The molecule has 3 nitrogen and oxygen atoms in total. The minimum absolute atomic E-state index is 0.444. The van der Waals surface area contributed by atoms with Crippen LogP contribution in [0.1, 0.15) is 45.1 Å². The maximum atomic E-state index is 12.7. The molecule has 0 unspecified atom stereocenters. The predicted octanol–water partition coefficient (Wildman–Crippen LogP) is 3.59. The first kappa shape index (κ1) is 16.2. The summed E-state index contributed by atoms with van der Waals surface area (Å²) in [6.07, 6.45) is 3.95. The molecule has 1 rings (SSSR count). The maximum absolute atomic E-state index is 12.7. The van der Waals surface area contributed by atoms with Crippen molar-refractivity contribution >= 4 is 10.0 Å². The molecular weight excluding hydrogens is 258 g/mol. The molecule has 19 heavy (non-hydrogen) atoms. The van der Waals surface area contributed by atoms with Gasteiger partial charge < -0.3 is 0 Å². The van der Waals surface area contributed by atoms with Crippen molar-refractivity contribution in [2.24, 2.45) is 0 Å². The molecule has 0 aliphatic carbocycles. The normalized spacial score (nSPS) is 12.0. The van der Waals surface area contributed by atoms with E-state index in [0.29, 0.717) is 18.0 Å². The Morgan fingerprint density at radius 3 is 2.26 bits per heavy atom. The smallest absolute Gasteiger partial charge is 0.207 e. The van der Waals surface area contributed by atoms with E-state index in [-0.39, 0.29) is 0 Å². The summed E-state index contributed by atoms with van der Waals surface area (Å²) in [5.41, 5.74) is 0.819. The Morgan fingerprint density at radius 2 is 1.68 bits per heavy atom. The van der Waals surface area contributed by atoms with Crippen LogP contribution in [-0.4, -0.2) is 25.8 Å².